The van der Waals surface area contributed by atoms with E-state index in [1.807, 2.05) is 12.1 Å². The van der Waals surface area contributed by atoms with Crippen molar-refractivity contribution in [2.45, 2.75) is 26.2 Å². The minimum Gasteiger partial charge on any atom is -0.478 e. The molecule has 0 amide bonds. The minimum atomic E-state index is -0.941. The number of carbonyl (C=O) groups is 1. The molecule has 94 valence electrons. The number of aliphatic carboxylic acids is 1. The predicted molar refractivity (Wildman–Crippen MR) is 73.7 cm³/mol. The van der Waals surface area contributed by atoms with E-state index < -0.39 is 5.97 Å². The monoisotopic (exact) mass is 243 g/mol. The Labute approximate surface area is 106 Å². The number of nitrogens with one attached hydrogen (secondary N) is 1. The van der Waals surface area contributed by atoms with Crippen LogP contribution in [0.3, 0.4) is 0 Å². The summed E-state index contributed by atoms with van der Waals surface area (Å²) in [6.45, 7) is 6.52. The van der Waals surface area contributed by atoms with Crippen LogP contribution in [0, 0.1) is 0 Å². The van der Waals surface area contributed by atoms with Crippen molar-refractivity contribution in [2.75, 3.05) is 0 Å². The highest BCUT2D eigenvalue weighted by Gasteiger charge is 2.14. The van der Waals surface area contributed by atoms with E-state index >= 15 is 0 Å². The summed E-state index contributed by atoms with van der Waals surface area (Å²) in [6.07, 6.45) is 2.70. The van der Waals surface area contributed by atoms with Crippen LogP contribution in [0.5, 0.6) is 0 Å². The van der Waals surface area contributed by atoms with E-state index in [4.69, 9.17) is 5.11 Å². The number of aromatic amines is 1. The van der Waals surface area contributed by atoms with Crippen molar-refractivity contribution in [3.05, 3.63) is 41.6 Å². The van der Waals surface area contributed by atoms with Gasteiger partial charge in [0.1, 0.15) is 0 Å². The third-order valence-corrected chi connectivity index (χ3v) is 2.91. The maximum absolute atomic E-state index is 10.5. The number of aromatic nitrogens is 1. The van der Waals surface area contributed by atoms with Gasteiger partial charge in [-0.25, -0.2) is 4.79 Å². The lowest BCUT2D eigenvalue weighted by molar-refractivity contribution is -0.131. The van der Waals surface area contributed by atoms with E-state index in [0.717, 1.165) is 22.7 Å². The fourth-order valence-electron chi connectivity index (χ4n) is 1.87. The van der Waals surface area contributed by atoms with Crippen LogP contribution >= 0.6 is 0 Å². The van der Waals surface area contributed by atoms with E-state index in [1.165, 1.54) is 5.56 Å². The smallest absolute Gasteiger partial charge is 0.328 e. The van der Waals surface area contributed by atoms with Crippen molar-refractivity contribution >= 4 is 22.9 Å². The summed E-state index contributed by atoms with van der Waals surface area (Å²) in [5, 5.41) is 9.70. The van der Waals surface area contributed by atoms with Gasteiger partial charge >= 0.3 is 5.97 Å². The molecule has 0 aliphatic heterocycles. The first kappa shape index (κ1) is 12.4. The summed E-state index contributed by atoms with van der Waals surface area (Å²) in [5.74, 6) is -0.941. The minimum absolute atomic E-state index is 0.114. The van der Waals surface area contributed by atoms with Crippen LogP contribution in [0.25, 0.3) is 17.0 Å². The van der Waals surface area contributed by atoms with Gasteiger partial charge in [0, 0.05) is 22.7 Å². The average molecular weight is 243 g/mol. The molecule has 3 heteroatoms. The van der Waals surface area contributed by atoms with Gasteiger partial charge in [-0.2, -0.15) is 0 Å². The van der Waals surface area contributed by atoms with Crippen molar-refractivity contribution in [3.63, 3.8) is 0 Å². The van der Waals surface area contributed by atoms with Crippen LogP contribution in [0.1, 0.15) is 32.0 Å². The standard InChI is InChI=1S/C15H17NO2/c1-15(2,3)11-4-6-13-10(8-11)9-12(16-13)5-7-14(17)18/h4-9,16H,1-3H3,(H,17,18). The van der Waals surface area contributed by atoms with Gasteiger partial charge in [-0.15, -0.1) is 0 Å². The molecule has 3 nitrogen and oxygen atoms in total. The van der Waals surface area contributed by atoms with E-state index in [0.29, 0.717) is 0 Å². The summed E-state index contributed by atoms with van der Waals surface area (Å²) < 4.78 is 0. The number of hydrogen-bond donors (Lipinski definition) is 2. The van der Waals surface area contributed by atoms with Gasteiger partial charge < -0.3 is 10.1 Å². The predicted octanol–water partition coefficient (Wildman–Crippen LogP) is 3.56. The second-order valence-corrected chi connectivity index (χ2v) is 5.45. The second-order valence-electron chi connectivity index (χ2n) is 5.45. The van der Waals surface area contributed by atoms with Gasteiger partial charge in [-0.3, -0.25) is 0 Å². The first-order valence-corrected chi connectivity index (χ1v) is 5.90. The molecule has 0 fully saturated rings. The Hall–Kier alpha value is -2.03. The Morgan fingerprint density at radius 3 is 2.61 bits per heavy atom. The van der Waals surface area contributed by atoms with Crippen molar-refractivity contribution in [2.24, 2.45) is 0 Å². The van der Waals surface area contributed by atoms with Crippen LogP contribution in [0.2, 0.25) is 0 Å². The van der Waals surface area contributed by atoms with Gasteiger partial charge in [0.05, 0.1) is 0 Å². The number of fused-ring (bicyclic) bond motifs is 1. The van der Waals surface area contributed by atoms with Crippen LogP contribution in [0.4, 0.5) is 0 Å². The van der Waals surface area contributed by atoms with Crippen LogP contribution in [-0.2, 0) is 10.2 Å². The van der Waals surface area contributed by atoms with Gasteiger partial charge in [0.2, 0.25) is 0 Å². The van der Waals surface area contributed by atoms with E-state index in [9.17, 15) is 4.79 Å². The zero-order valence-electron chi connectivity index (χ0n) is 10.8. The van der Waals surface area contributed by atoms with Gasteiger partial charge in [0.25, 0.3) is 0 Å². The lowest BCUT2D eigenvalue weighted by atomic mass is 9.86. The van der Waals surface area contributed by atoms with Crippen molar-refractivity contribution < 1.29 is 9.90 Å². The topological polar surface area (TPSA) is 53.1 Å². The lowest BCUT2D eigenvalue weighted by Crippen LogP contribution is -2.10. The van der Waals surface area contributed by atoms with Crippen LogP contribution in [-0.4, -0.2) is 16.1 Å². The molecule has 2 aromatic rings. The Bertz CT molecular complexity index is 615. The first-order chi connectivity index (χ1) is 8.36. The number of hydrogen-bond acceptors (Lipinski definition) is 1. The molecule has 1 heterocycles. The van der Waals surface area contributed by atoms with Gasteiger partial charge in [-0.1, -0.05) is 26.8 Å². The van der Waals surface area contributed by atoms with E-state index in [2.05, 4.69) is 37.9 Å². The quantitative estimate of drug-likeness (QED) is 0.792. The number of carboxylic acid groups (broad SMARTS) is 1. The summed E-state index contributed by atoms with van der Waals surface area (Å²) in [6, 6.07) is 8.24. The lowest BCUT2D eigenvalue weighted by Gasteiger charge is -2.18. The maximum Gasteiger partial charge on any atom is 0.328 e. The summed E-state index contributed by atoms with van der Waals surface area (Å²) in [7, 11) is 0. The molecular weight excluding hydrogens is 226 g/mol. The third kappa shape index (κ3) is 2.62. The maximum atomic E-state index is 10.5. The normalized spacial score (nSPS) is 12.4. The van der Waals surface area contributed by atoms with Crippen molar-refractivity contribution in [3.8, 4) is 0 Å². The SMILES string of the molecule is CC(C)(C)c1ccc2[nH]c(C=CC(=O)O)cc2c1. The number of H-pyrrole nitrogens is 1. The molecule has 0 atom stereocenters. The molecule has 0 radical (unpaired) electrons. The Balaban J connectivity index is 2.43. The average Bonchev–Trinajstić information content (AvgIpc) is 2.66. The molecule has 0 aliphatic carbocycles. The Morgan fingerprint density at radius 2 is 2.00 bits per heavy atom. The molecule has 2 N–H and O–H groups in total. The number of benzene rings is 1. The molecule has 0 unspecified atom stereocenters. The molecule has 18 heavy (non-hydrogen) atoms. The van der Waals surface area contributed by atoms with Crippen LogP contribution in [0.15, 0.2) is 30.3 Å². The highest BCUT2D eigenvalue weighted by atomic mass is 16.4. The highest BCUT2D eigenvalue weighted by molar-refractivity contribution is 5.88. The van der Waals surface area contributed by atoms with E-state index in [1.54, 1.807) is 6.08 Å². The molecule has 0 bridgehead atoms. The number of carboxylic acids is 1. The fourth-order valence-corrected chi connectivity index (χ4v) is 1.87. The largest absolute Gasteiger partial charge is 0.478 e. The van der Waals surface area contributed by atoms with Gasteiger partial charge in [0.15, 0.2) is 0 Å². The zero-order valence-corrected chi connectivity index (χ0v) is 10.8. The van der Waals surface area contributed by atoms with E-state index in [-0.39, 0.29) is 5.41 Å². The molecular formula is C15H17NO2. The third-order valence-electron chi connectivity index (χ3n) is 2.91. The summed E-state index contributed by atoms with van der Waals surface area (Å²) in [4.78, 5) is 13.7. The number of rotatable bonds is 2. The first-order valence-electron chi connectivity index (χ1n) is 5.90. The second kappa shape index (κ2) is 4.33. The van der Waals surface area contributed by atoms with Crippen LogP contribution < -0.4 is 0 Å². The molecule has 2 rings (SSSR count). The zero-order chi connectivity index (χ0) is 13.3. The molecule has 1 aromatic heterocycles. The summed E-state index contributed by atoms with van der Waals surface area (Å²) >= 11 is 0. The van der Waals surface area contributed by atoms with Gasteiger partial charge in [-0.05, 0) is 35.3 Å². The molecule has 0 saturated heterocycles. The highest BCUT2D eigenvalue weighted by Crippen LogP contribution is 2.26. The Morgan fingerprint density at radius 1 is 1.28 bits per heavy atom. The van der Waals surface area contributed by atoms with Crippen molar-refractivity contribution in [1.29, 1.82) is 0 Å². The van der Waals surface area contributed by atoms with Crippen molar-refractivity contribution in [1.82, 2.24) is 4.98 Å². The molecule has 0 aliphatic rings. The molecule has 1 aromatic carbocycles. The summed E-state index contributed by atoms with van der Waals surface area (Å²) in [5.41, 5.74) is 3.21. The molecule has 0 saturated carbocycles. The Kier molecular flexibility index (Phi) is 2.99. The fraction of sp³-hybridized carbons (Fsp3) is 0.267. The molecule has 0 spiro atoms.